The Morgan fingerprint density at radius 1 is 1.03 bits per heavy atom. The number of nitrogens with zero attached hydrogens (tertiary/aromatic N) is 3. The molecule has 4 rings (SSSR count). The molecule has 33 heavy (non-hydrogen) atoms. The number of carbonyl (C=O) groups is 2. The minimum Gasteiger partial charge on any atom is -0.454 e. The Balaban J connectivity index is 1.48. The first kappa shape index (κ1) is 22.3. The molecule has 0 aliphatic carbocycles. The average Bonchev–Trinajstić information content (AvgIpc) is 3.31. The number of rotatable bonds is 7. The van der Waals surface area contributed by atoms with Crippen molar-refractivity contribution in [3.63, 3.8) is 0 Å². The first-order chi connectivity index (χ1) is 16.0. The van der Waals surface area contributed by atoms with E-state index >= 15 is 0 Å². The molecule has 1 aliphatic rings. The second kappa shape index (κ2) is 9.68. The summed E-state index contributed by atoms with van der Waals surface area (Å²) < 4.78 is 10.6. The molecular weight excluding hydrogens is 420 g/mol. The molecule has 0 spiro atoms. The molecule has 1 N–H and O–H groups in total. The zero-order valence-corrected chi connectivity index (χ0v) is 18.9. The lowest BCUT2D eigenvalue weighted by Gasteiger charge is -2.20. The highest BCUT2D eigenvalue weighted by Crippen LogP contribution is 2.32. The van der Waals surface area contributed by atoms with E-state index in [0.717, 1.165) is 11.1 Å². The Kier molecular flexibility index (Phi) is 6.53. The number of hydrogen-bond acceptors (Lipinski definition) is 6. The standard InChI is InChI=1S/C25H26N4O4/c1-4-29(5-2)25(31)20-14-26-16(3)28-23(20)18-8-6-17(7-9-18)13-27-24(30)19-10-11-21-22(12-19)33-15-32-21/h6-12,14H,4-5,13,15H2,1-3H3,(H,27,30). The van der Waals surface area contributed by atoms with Crippen molar-refractivity contribution in [3.8, 4) is 22.8 Å². The molecule has 170 valence electrons. The highest BCUT2D eigenvalue weighted by Gasteiger charge is 2.20. The van der Waals surface area contributed by atoms with Gasteiger partial charge >= 0.3 is 0 Å². The highest BCUT2D eigenvalue weighted by atomic mass is 16.7. The van der Waals surface area contributed by atoms with Crippen molar-refractivity contribution in [1.82, 2.24) is 20.2 Å². The van der Waals surface area contributed by atoms with Gasteiger partial charge in [-0.1, -0.05) is 24.3 Å². The number of aryl methyl sites for hydroxylation is 1. The van der Waals surface area contributed by atoms with Crippen LogP contribution in [0.4, 0.5) is 0 Å². The lowest BCUT2D eigenvalue weighted by molar-refractivity contribution is 0.0772. The minimum atomic E-state index is -0.198. The Labute approximate surface area is 192 Å². The molecule has 2 amide bonds. The largest absolute Gasteiger partial charge is 0.454 e. The van der Waals surface area contributed by atoms with E-state index in [9.17, 15) is 9.59 Å². The predicted octanol–water partition coefficient (Wildman–Crippen LogP) is 3.59. The molecule has 8 nitrogen and oxygen atoms in total. The maximum absolute atomic E-state index is 12.9. The number of carbonyl (C=O) groups excluding carboxylic acids is 2. The van der Waals surface area contributed by atoms with Crippen LogP contribution >= 0.6 is 0 Å². The van der Waals surface area contributed by atoms with Crippen molar-refractivity contribution in [2.24, 2.45) is 0 Å². The SMILES string of the molecule is CCN(CC)C(=O)c1cnc(C)nc1-c1ccc(CNC(=O)c2ccc3c(c2)OCO3)cc1. The highest BCUT2D eigenvalue weighted by molar-refractivity contribution is 5.99. The van der Waals surface area contributed by atoms with Gasteiger partial charge in [0, 0.05) is 37.0 Å². The second-order valence-electron chi connectivity index (χ2n) is 7.60. The molecule has 0 fully saturated rings. The molecule has 3 aromatic rings. The Hall–Kier alpha value is -3.94. The van der Waals surface area contributed by atoms with Crippen molar-refractivity contribution < 1.29 is 19.1 Å². The molecule has 2 heterocycles. The van der Waals surface area contributed by atoms with Gasteiger partial charge in [-0.15, -0.1) is 0 Å². The number of nitrogens with one attached hydrogen (secondary N) is 1. The molecule has 2 aromatic carbocycles. The third-order valence-electron chi connectivity index (χ3n) is 5.51. The van der Waals surface area contributed by atoms with E-state index in [4.69, 9.17) is 9.47 Å². The number of fused-ring (bicyclic) bond motifs is 1. The summed E-state index contributed by atoms with van der Waals surface area (Å²) in [5, 5.41) is 2.91. The van der Waals surface area contributed by atoms with E-state index in [1.54, 1.807) is 36.2 Å². The van der Waals surface area contributed by atoms with Gasteiger partial charge in [0.15, 0.2) is 11.5 Å². The van der Waals surface area contributed by atoms with Gasteiger partial charge < -0.3 is 19.7 Å². The first-order valence-corrected chi connectivity index (χ1v) is 10.9. The van der Waals surface area contributed by atoms with Crippen LogP contribution in [0.25, 0.3) is 11.3 Å². The lowest BCUT2D eigenvalue weighted by atomic mass is 10.0. The molecule has 1 aliphatic heterocycles. The van der Waals surface area contributed by atoms with Crippen molar-refractivity contribution >= 4 is 11.8 Å². The molecular formula is C25H26N4O4. The van der Waals surface area contributed by atoms with Crippen LogP contribution in [-0.2, 0) is 6.54 Å². The zero-order chi connectivity index (χ0) is 23.4. The smallest absolute Gasteiger partial charge is 0.257 e. The molecule has 0 radical (unpaired) electrons. The quantitative estimate of drug-likeness (QED) is 0.596. The fourth-order valence-electron chi connectivity index (χ4n) is 3.63. The van der Waals surface area contributed by atoms with Gasteiger partial charge in [-0.2, -0.15) is 0 Å². The van der Waals surface area contributed by atoms with Crippen LogP contribution in [-0.4, -0.2) is 46.6 Å². The summed E-state index contributed by atoms with van der Waals surface area (Å²) >= 11 is 0. The van der Waals surface area contributed by atoms with Gasteiger partial charge in [-0.05, 0) is 44.5 Å². The van der Waals surface area contributed by atoms with Crippen LogP contribution in [0.15, 0.2) is 48.7 Å². The Bertz CT molecular complexity index is 1170. The number of ether oxygens (including phenoxy) is 2. The number of aromatic nitrogens is 2. The maximum atomic E-state index is 12.9. The fourth-order valence-corrected chi connectivity index (χ4v) is 3.63. The molecule has 0 bridgehead atoms. The van der Waals surface area contributed by atoms with E-state index in [0.29, 0.717) is 53.8 Å². The monoisotopic (exact) mass is 446 g/mol. The van der Waals surface area contributed by atoms with Crippen LogP contribution in [0, 0.1) is 6.92 Å². The van der Waals surface area contributed by atoms with Crippen LogP contribution in [0.2, 0.25) is 0 Å². The van der Waals surface area contributed by atoms with Gasteiger partial charge in [-0.3, -0.25) is 9.59 Å². The van der Waals surface area contributed by atoms with Crippen LogP contribution in [0.5, 0.6) is 11.5 Å². The van der Waals surface area contributed by atoms with E-state index in [2.05, 4.69) is 15.3 Å². The van der Waals surface area contributed by atoms with Gasteiger partial charge in [0.2, 0.25) is 6.79 Å². The van der Waals surface area contributed by atoms with Crippen LogP contribution in [0.1, 0.15) is 46.0 Å². The molecule has 0 atom stereocenters. The number of hydrogen-bond donors (Lipinski definition) is 1. The fraction of sp³-hybridized carbons (Fsp3) is 0.280. The summed E-state index contributed by atoms with van der Waals surface area (Å²) in [4.78, 5) is 36.0. The minimum absolute atomic E-state index is 0.0879. The third-order valence-corrected chi connectivity index (χ3v) is 5.51. The van der Waals surface area contributed by atoms with Crippen molar-refractivity contribution in [2.75, 3.05) is 19.9 Å². The van der Waals surface area contributed by atoms with E-state index in [1.807, 2.05) is 38.1 Å². The summed E-state index contributed by atoms with van der Waals surface area (Å²) in [6.07, 6.45) is 1.60. The second-order valence-corrected chi connectivity index (χ2v) is 7.60. The summed E-state index contributed by atoms with van der Waals surface area (Å²) in [6, 6.07) is 12.7. The molecule has 0 saturated carbocycles. The van der Waals surface area contributed by atoms with E-state index < -0.39 is 0 Å². The molecule has 0 unspecified atom stereocenters. The van der Waals surface area contributed by atoms with Gasteiger partial charge in [0.1, 0.15) is 5.82 Å². The topological polar surface area (TPSA) is 93.7 Å². The van der Waals surface area contributed by atoms with E-state index in [1.165, 1.54) is 0 Å². The summed E-state index contributed by atoms with van der Waals surface area (Å²) in [5.41, 5.74) is 3.34. The molecule has 1 aromatic heterocycles. The Morgan fingerprint density at radius 3 is 2.48 bits per heavy atom. The predicted molar refractivity (Wildman–Crippen MR) is 123 cm³/mol. The van der Waals surface area contributed by atoms with Crippen LogP contribution < -0.4 is 14.8 Å². The third kappa shape index (κ3) is 4.79. The number of amides is 2. The normalized spacial score (nSPS) is 11.8. The molecule has 8 heteroatoms. The lowest BCUT2D eigenvalue weighted by Crippen LogP contribution is -2.31. The Morgan fingerprint density at radius 2 is 1.76 bits per heavy atom. The van der Waals surface area contributed by atoms with Gasteiger partial charge in [0.05, 0.1) is 11.3 Å². The van der Waals surface area contributed by atoms with Crippen molar-refractivity contribution in [1.29, 1.82) is 0 Å². The van der Waals surface area contributed by atoms with Crippen molar-refractivity contribution in [2.45, 2.75) is 27.3 Å². The number of benzene rings is 2. The zero-order valence-electron chi connectivity index (χ0n) is 18.9. The van der Waals surface area contributed by atoms with E-state index in [-0.39, 0.29) is 18.6 Å². The maximum Gasteiger partial charge on any atom is 0.257 e. The van der Waals surface area contributed by atoms with Crippen molar-refractivity contribution in [3.05, 3.63) is 71.2 Å². The summed E-state index contributed by atoms with van der Waals surface area (Å²) in [5.74, 6) is 1.52. The average molecular weight is 447 g/mol. The molecule has 0 saturated heterocycles. The van der Waals surface area contributed by atoms with Gasteiger partial charge in [0.25, 0.3) is 11.8 Å². The van der Waals surface area contributed by atoms with Crippen LogP contribution in [0.3, 0.4) is 0 Å². The summed E-state index contributed by atoms with van der Waals surface area (Å²) in [7, 11) is 0. The summed E-state index contributed by atoms with van der Waals surface area (Å²) in [6.45, 7) is 7.46. The first-order valence-electron chi connectivity index (χ1n) is 10.9. The van der Waals surface area contributed by atoms with Gasteiger partial charge in [-0.25, -0.2) is 9.97 Å².